The van der Waals surface area contributed by atoms with Crippen LogP contribution in [0.4, 0.5) is 5.82 Å². The van der Waals surface area contributed by atoms with Gasteiger partial charge in [0.15, 0.2) is 9.84 Å². The van der Waals surface area contributed by atoms with Gasteiger partial charge in [0.1, 0.15) is 17.9 Å². The number of rotatable bonds is 6. The van der Waals surface area contributed by atoms with Crippen molar-refractivity contribution in [2.45, 2.75) is 30.6 Å². The van der Waals surface area contributed by atoms with Gasteiger partial charge in [-0.3, -0.25) is 4.79 Å². The van der Waals surface area contributed by atoms with E-state index in [1.807, 2.05) is 0 Å². The zero-order valence-electron chi connectivity index (χ0n) is 13.9. The highest BCUT2D eigenvalue weighted by molar-refractivity contribution is 7.91. The molecule has 1 amide bonds. The summed E-state index contributed by atoms with van der Waals surface area (Å²) in [6.07, 6.45) is 3.99. The van der Waals surface area contributed by atoms with Crippen LogP contribution in [0.5, 0.6) is 5.75 Å². The molecule has 1 heterocycles. The van der Waals surface area contributed by atoms with Crippen LogP contribution in [0.3, 0.4) is 0 Å². The number of hydrogen-bond donors (Lipinski definition) is 1. The van der Waals surface area contributed by atoms with E-state index in [4.69, 9.17) is 4.74 Å². The number of nitrogens with one attached hydrogen (secondary N) is 1. The SMILES string of the molecule is COc1ccc(S(=O)(=O)CCC(=O)Nc2ncnc3c2CCC3)cc1. The van der Waals surface area contributed by atoms with Gasteiger partial charge >= 0.3 is 0 Å². The molecule has 0 unspecified atom stereocenters. The molecule has 8 heteroatoms. The van der Waals surface area contributed by atoms with Crippen molar-refractivity contribution in [3.8, 4) is 5.75 Å². The lowest BCUT2D eigenvalue weighted by molar-refractivity contribution is -0.115. The van der Waals surface area contributed by atoms with Crippen molar-refractivity contribution in [1.29, 1.82) is 0 Å². The first kappa shape index (κ1) is 17.3. The number of amides is 1. The van der Waals surface area contributed by atoms with Gasteiger partial charge in [-0.15, -0.1) is 0 Å². The summed E-state index contributed by atoms with van der Waals surface area (Å²) in [7, 11) is -2.02. The summed E-state index contributed by atoms with van der Waals surface area (Å²) < 4.78 is 29.7. The minimum atomic E-state index is -3.53. The zero-order chi connectivity index (χ0) is 17.9. The maximum Gasteiger partial charge on any atom is 0.226 e. The molecule has 25 heavy (non-hydrogen) atoms. The number of sulfone groups is 1. The topological polar surface area (TPSA) is 98.2 Å². The molecular weight excluding hydrogens is 342 g/mol. The van der Waals surface area contributed by atoms with Gasteiger partial charge in [-0.05, 0) is 43.5 Å². The van der Waals surface area contributed by atoms with Crippen LogP contribution in [0.1, 0.15) is 24.1 Å². The first-order chi connectivity index (χ1) is 12.0. The zero-order valence-corrected chi connectivity index (χ0v) is 14.7. The number of aromatic nitrogens is 2. The lowest BCUT2D eigenvalue weighted by atomic mass is 10.2. The molecule has 1 N–H and O–H groups in total. The molecule has 7 nitrogen and oxygen atoms in total. The predicted molar refractivity (Wildman–Crippen MR) is 92.4 cm³/mol. The van der Waals surface area contributed by atoms with Gasteiger partial charge in [-0.1, -0.05) is 0 Å². The Morgan fingerprint density at radius 2 is 1.96 bits per heavy atom. The molecule has 1 aliphatic carbocycles. The second-order valence-corrected chi connectivity index (χ2v) is 7.90. The summed E-state index contributed by atoms with van der Waals surface area (Å²) in [5, 5.41) is 2.71. The number of ether oxygens (including phenoxy) is 1. The van der Waals surface area contributed by atoms with Gasteiger partial charge < -0.3 is 10.1 Å². The lowest BCUT2D eigenvalue weighted by Gasteiger charge is -2.09. The van der Waals surface area contributed by atoms with Gasteiger partial charge in [-0.2, -0.15) is 0 Å². The van der Waals surface area contributed by atoms with Gasteiger partial charge in [-0.25, -0.2) is 18.4 Å². The highest BCUT2D eigenvalue weighted by atomic mass is 32.2. The Bertz CT molecular complexity index is 879. The highest BCUT2D eigenvalue weighted by Gasteiger charge is 2.20. The third-order valence-corrected chi connectivity index (χ3v) is 5.88. The van der Waals surface area contributed by atoms with E-state index in [1.54, 1.807) is 12.1 Å². The van der Waals surface area contributed by atoms with E-state index in [9.17, 15) is 13.2 Å². The van der Waals surface area contributed by atoms with Gasteiger partial charge in [0.2, 0.25) is 5.91 Å². The minimum Gasteiger partial charge on any atom is -0.497 e. The monoisotopic (exact) mass is 361 g/mol. The molecule has 132 valence electrons. The first-order valence-corrected chi connectivity index (χ1v) is 9.64. The number of fused-ring (bicyclic) bond motifs is 1. The Balaban J connectivity index is 1.62. The maximum absolute atomic E-state index is 12.3. The molecule has 1 aliphatic rings. The minimum absolute atomic E-state index is 0.132. The number of anilines is 1. The van der Waals surface area contributed by atoms with Crippen LogP contribution in [-0.4, -0.2) is 37.2 Å². The molecule has 0 bridgehead atoms. The predicted octanol–water partition coefficient (Wildman–Crippen LogP) is 1.78. The van der Waals surface area contributed by atoms with Crippen molar-refractivity contribution >= 4 is 21.6 Å². The molecule has 0 aliphatic heterocycles. The van der Waals surface area contributed by atoms with Gasteiger partial charge in [0.25, 0.3) is 0 Å². The number of nitrogens with zero attached hydrogens (tertiary/aromatic N) is 2. The summed E-state index contributed by atoms with van der Waals surface area (Å²) in [5.74, 6) is 0.437. The van der Waals surface area contributed by atoms with Crippen molar-refractivity contribution in [2.24, 2.45) is 0 Å². The number of aryl methyl sites for hydroxylation is 1. The van der Waals surface area contributed by atoms with Crippen LogP contribution in [-0.2, 0) is 27.5 Å². The third kappa shape index (κ3) is 3.96. The molecule has 0 atom stereocenters. The largest absolute Gasteiger partial charge is 0.497 e. The summed E-state index contributed by atoms with van der Waals surface area (Å²) in [4.78, 5) is 20.6. The van der Waals surface area contributed by atoms with Crippen LogP contribution in [0.25, 0.3) is 0 Å². The average molecular weight is 361 g/mol. The molecule has 0 radical (unpaired) electrons. The van der Waals surface area contributed by atoms with E-state index in [2.05, 4.69) is 15.3 Å². The molecule has 3 rings (SSSR count). The fourth-order valence-electron chi connectivity index (χ4n) is 2.79. The molecule has 0 fully saturated rings. The Hall–Kier alpha value is -2.48. The van der Waals surface area contributed by atoms with E-state index >= 15 is 0 Å². The van der Waals surface area contributed by atoms with Crippen LogP contribution in [0.2, 0.25) is 0 Å². The van der Waals surface area contributed by atoms with Crippen LogP contribution < -0.4 is 10.1 Å². The normalized spacial score (nSPS) is 13.3. The van der Waals surface area contributed by atoms with Crippen LogP contribution in [0.15, 0.2) is 35.5 Å². The van der Waals surface area contributed by atoms with Gasteiger partial charge in [0.05, 0.1) is 17.8 Å². The summed E-state index contributed by atoms with van der Waals surface area (Å²) >= 11 is 0. The lowest BCUT2D eigenvalue weighted by Crippen LogP contribution is -2.19. The fourth-order valence-corrected chi connectivity index (χ4v) is 4.03. The molecule has 0 spiro atoms. The van der Waals surface area contributed by atoms with Gasteiger partial charge in [0, 0.05) is 17.7 Å². The number of methoxy groups -OCH3 is 1. The number of benzene rings is 1. The number of carbonyl (C=O) groups is 1. The van der Waals surface area contributed by atoms with Crippen LogP contribution in [0, 0.1) is 0 Å². The van der Waals surface area contributed by atoms with Crippen molar-refractivity contribution in [3.63, 3.8) is 0 Å². The Morgan fingerprint density at radius 3 is 2.68 bits per heavy atom. The Labute approximate surface area is 146 Å². The molecule has 1 aromatic heterocycles. The molecule has 1 aromatic carbocycles. The second kappa shape index (κ2) is 7.18. The molecule has 2 aromatic rings. The molecule has 0 saturated carbocycles. The fraction of sp³-hybridized carbons (Fsp3) is 0.353. The summed E-state index contributed by atoms with van der Waals surface area (Å²) in [5.41, 5.74) is 1.91. The van der Waals surface area contributed by atoms with Crippen molar-refractivity contribution < 1.29 is 17.9 Å². The summed E-state index contributed by atoms with van der Waals surface area (Å²) in [6.45, 7) is 0. The standard InChI is InChI=1S/C17H19N3O4S/c1-24-12-5-7-13(8-6-12)25(22,23)10-9-16(21)20-17-14-3-2-4-15(14)18-11-19-17/h5-8,11H,2-4,9-10H2,1H3,(H,18,19,20,21). The number of hydrogen-bond acceptors (Lipinski definition) is 6. The van der Waals surface area contributed by atoms with E-state index < -0.39 is 9.84 Å². The Morgan fingerprint density at radius 1 is 1.20 bits per heavy atom. The molecular formula is C17H19N3O4S. The number of carbonyl (C=O) groups excluding carboxylic acids is 1. The third-order valence-electron chi connectivity index (χ3n) is 4.15. The van der Waals surface area contributed by atoms with E-state index in [-0.39, 0.29) is 23.0 Å². The average Bonchev–Trinajstić information content (AvgIpc) is 3.10. The van der Waals surface area contributed by atoms with Crippen molar-refractivity contribution in [3.05, 3.63) is 41.9 Å². The second-order valence-electron chi connectivity index (χ2n) is 5.79. The quantitative estimate of drug-likeness (QED) is 0.842. The van der Waals surface area contributed by atoms with E-state index in [0.29, 0.717) is 11.6 Å². The van der Waals surface area contributed by atoms with Crippen molar-refractivity contribution in [2.75, 3.05) is 18.2 Å². The smallest absolute Gasteiger partial charge is 0.226 e. The first-order valence-electron chi connectivity index (χ1n) is 7.99. The maximum atomic E-state index is 12.3. The van der Waals surface area contributed by atoms with E-state index in [0.717, 1.165) is 30.5 Å². The Kier molecular flexibility index (Phi) is 4.98. The van der Waals surface area contributed by atoms with Crippen molar-refractivity contribution in [1.82, 2.24) is 9.97 Å². The highest BCUT2D eigenvalue weighted by Crippen LogP contribution is 2.25. The van der Waals surface area contributed by atoms with Crippen LogP contribution >= 0.6 is 0 Å². The summed E-state index contributed by atoms with van der Waals surface area (Å²) in [6, 6.07) is 6.11. The molecule has 0 saturated heterocycles. The van der Waals surface area contributed by atoms with E-state index in [1.165, 1.54) is 25.6 Å².